The van der Waals surface area contributed by atoms with Gasteiger partial charge >= 0.3 is 0 Å². The van der Waals surface area contributed by atoms with Crippen LogP contribution in [0.3, 0.4) is 0 Å². The predicted octanol–water partition coefficient (Wildman–Crippen LogP) is 3.76. The molecular formula is C23H28N2O2. The summed E-state index contributed by atoms with van der Waals surface area (Å²) in [6, 6.07) is 18.9. The minimum Gasteiger partial charge on any atom is -0.491 e. The van der Waals surface area contributed by atoms with E-state index in [9.17, 15) is 4.79 Å². The molecule has 0 aliphatic carbocycles. The maximum Gasteiger partial charge on any atom is 0.227 e. The Morgan fingerprint density at radius 1 is 1.11 bits per heavy atom. The number of piperidine rings is 1. The van der Waals surface area contributed by atoms with Crippen LogP contribution < -0.4 is 9.64 Å². The molecule has 0 aromatic heterocycles. The van der Waals surface area contributed by atoms with Gasteiger partial charge in [0.05, 0.1) is 12.3 Å². The predicted molar refractivity (Wildman–Crippen MR) is 108 cm³/mol. The van der Waals surface area contributed by atoms with Gasteiger partial charge in [-0.1, -0.05) is 49.4 Å². The molecule has 2 aliphatic heterocycles. The SMILES string of the molecule is CCC(=O)N1c2ccccc2OC[C@@H]2CN(CCc3ccccc3)CC[C@@H]21. The van der Waals surface area contributed by atoms with Gasteiger partial charge < -0.3 is 14.5 Å². The molecule has 2 aliphatic rings. The van der Waals surface area contributed by atoms with Gasteiger partial charge in [0.2, 0.25) is 5.91 Å². The van der Waals surface area contributed by atoms with Crippen LogP contribution in [0.15, 0.2) is 54.6 Å². The summed E-state index contributed by atoms with van der Waals surface area (Å²) in [6.45, 7) is 5.70. The van der Waals surface area contributed by atoms with Gasteiger partial charge in [0.25, 0.3) is 0 Å². The number of ether oxygens (including phenoxy) is 1. The number of anilines is 1. The van der Waals surface area contributed by atoms with Crippen LogP contribution in [-0.2, 0) is 11.2 Å². The van der Waals surface area contributed by atoms with Gasteiger partial charge in [0.15, 0.2) is 0 Å². The van der Waals surface area contributed by atoms with E-state index in [0.29, 0.717) is 18.9 Å². The number of carbonyl (C=O) groups is 1. The van der Waals surface area contributed by atoms with Crippen LogP contribution >= 0.6 is 0 Å². The highest BCUT2D eigenvalue weighted by molar-refractivity contribution is 5.95. The lowest BCUT2D eigenvalue weighted by Crippen LogP contribution is -2.54. The molecule has 1 saturated heterocycles. The zero-order chi connectivity index (χ0) is 18.6. The fourth-order valence-electron chi connectivity index (χ4n) is 4.38. The summed E-state index contributed by atoms with van der Waals surface area (Å²) in [7, 11) is 0. The molecule has 142 valence electrons. The molecule has 0 saturated carbocycles. The third-order valence-electron chi connectivity index (χ3n) is 5.82. The van der Waals surface area contributed by atoms with Crippen molar-refractivity contribution in [3.63, 3.8) is 0 Å². The molecule has 4 rings (SSSR count). The smallest absolute Gasteiger partial charge is 0.227 e. The van der Waals surface area contributed by atoms with Crippen molar-refractivity contribution in [1.29, 1.82) is 0 Å². The highest BCUT2D eigenvalue weighted by atomic mass is 16.5. The molecule has 2 aromatic rings. The van der Waals surface area contributed by atoms with Gasteiger partial charge in [0.1, 0.15) is 5.75 Å². The quantitative estimate of drug-likeness (QED) is 0.828. The lowest BCUT2D eigenvalue weighted by molar-refractivity contribution is -0.119. The molecule has 0 N–H and O–H groups in total. The molecule has 1 fully saturated rings. The van der Waals surface area contributed by atoms with Crippen molar-refractivity contribution in [3.05, 3.63) is 60.2 Å². The van der Waals surface area contributed by atoms with Gasteiger partial charge in [0, 0.05) is 38.0 Å². The van der Waals surface area contributed by atoms with Crippen molar-refractivity contribution in [2.45, 2.75) is 32.2 Å². The Morgan fingerprint density at radius 2 is 1.89 bits per heavy atom. The summed E-state index contributed by atoms with van der Waals surface area (Å²) in [5, 5.41) is 0. The van der Waals surface area contributed by atoms with Crippen LogP contribution in [-0.4, -0.2) is 43.1 Å². The number of hydrogen-bond donors (Lipinski definition) is 0. The molecule has 27 heavy (non-hydrogen) atoms. The van der Waals surface area contributed by atoms with Gasteiger partial charge in [-0.2, -0.15) is 0 Å². The number of likely N-dealkylation sites (tertiary alicyclic amines) is 1. The van der Waals surface area contributed by atoms with Gasteiger partial charge in [-0.05, 0) is 30.5 Å². The topological polar surface area (TPSA) is 32.8 Å². The molecule has 1 amide bonds. The van der Waals surface area contributed by atoms with E-state index in [-0.39, 0.29) is 11.9 Å². The van der Waals surface area contributed by atoms with Crippen molar-refractivity contribution < 1.29 is 9.53 Å². The lowest BCUT2D eigenvalue weighted by atomic mass is 9.90. The Labute approximate surface area is 161 Å². The molecule has 0 spiro atoms. The number of para-hydroxylation sites is 2. The van der Waals surface area contributed by atoms with E-state index < -0.39 is 0 Å². The molecule has 0 radical (unpaired) electrons. The molecule has 4 heteroatoms. The fourth-order valence-corrected chi connectivity index (χ4v) is 4.38. The van der Waals surface area contributed by atoms with Crippen LogP contribution in [0.4, 0.5) is 5.69 Å². The standard InChI is InChI=1S/C23H28N2O2/c1-2-23(26)25-20-13-15-24(14-12-18-8-4-3-5-9-18)16-19(20)17-27-22-11-7-6-10-21(22)25/h3-11,19-20H,2,12-17H2,1H3/t19-,20-/m0/s1. The summed E-state index contributed by atoms with van der Waals surface area (Å²) in [4.78, 5) is 17.3. The molecule has 0 unspecified atom stereocenters. The zero-order valence-corrected chi connectivity index (χ0v) is 16.0. The van der Waals surface area contributed by atoms with Crippen molar-refractivity contribution in [2.75, 3.05) is 31.1 Å². The first-order chi connectivity index (χ1) is 13.3. The van der Waals surface area contributed by atoms with E-state index in [2.05, 4.69) is 35.2 Å². The minimum atomic E-state index is 0.195. The Balaban J connectivity index is 1.49. The lowest BCUT2D eigenvalue weighted by Gasteiger charge is -2.42. The highest BCUT2D eigenvalue weighted by Gasteiger charge is 2.39. The monoisotopic (exact) mass is 364 g/mol. The largest absolute Gasteiger partial charge is 0.491 e. The van der Waals surface area contributed by atoms with Gasteiger partial charge in [-0.3, -0.25) is 4.79 Å². The van der Waals surface area contributed by atoms with Gasteiger partial charge in [-0.25, -0.2) is 0 Å². The zero-order valence-electron chi connectivity index (χ0n) is 16.0. The number of amides is 1. The van der Waals surface area contributed by atoms with E-state index in [1.807, 2.05) is 36.1 Å². The second kappa shape index (κ2) is 8.13. The number of hydrogen-bond acceptors (Lipinski definition) is 3. The Bertz CT molecular complexity index is 777. The molecular weight excluding hydrogens is 336 g/mol. The first-order valence-electron chi connectivity index (χ1n) is 10.1. The van der Waals surface area contributed by atoms with E-state index in [1.165, 1.54) is 5.56 Å². The van der Waals surface area contributed by atoms with E-state index in [0.717, 1.165) is 43.9 Å². The van der Waals surface area contributed by atoms with Crippen LogP contribution in [0.25, 0.3) is 0 Å². The molecule has 2 aromatic carbocycles. The van der Waals surface area contributed by atoms with Crippen molar-refractivity contribution in [3.8, 4) is 5.75 Å². The van der Waals surface area contributed by atoms with E-state index in [1.54, 1.807) is 0 Å². The molecule has 2 heterocycles. The fraction of sp³-hybridized carbons (Fsp3) is 0.435. The second-order valence-electron chi connectivity index (χ2n) is 7.55. The first kappa shape index (κ1) is 18.1. The van der Waals surface area contributed by atoms with Crippen LogP contribution in [0, 0.1) is 5.92 Å². The third kappa shape index (κ3) is 3.86. The number of benzene rings is 2. The maximum atomic E-state index is 12.8. The van der Waals surface area contributed by atoms with Crippen LogP contribution in [0.5, 0.6) is 5.75 Å². The van der Waals surface area contributed by atoms with Gasteiger partial charge in [-0.15, -0.1) is 0 Å². The average Bonchev–Trinajstić information content (AvgIpc) is 2.89. The van der Waals surface area contributed by atoms with E-state index in [4.69, 9.17) is 4.74 Å². The minimum absolute atomic E-state index is 0.195. The van der Waals surface area contributed by atoms with Crippen LogP contribution in [0.2, 0.25) is 0 Å². The van der Waals surface area contributed by atoms with Crippen molar-refractivity contribution >= 4 is 11.6 Å². The van der Waals surface area contributed by atoms with E-state index >= 15 is 0 Å². The average molecular weight is 364 g/mol. The number of rotatable bonds is 4. The first-order valence-corrected chi connectivity index (χ1v) is 10.1. The second-order valence-corrected chi connectivity index (χ2v) is 7.55. The molecule has 0 bridgehead atoms. The Kier molecular flexibility index (Phi) is 5.44. The summed E-state index contributed by atoms with van der Waals surface area (Å²) < 4.78 is 6.13. The number of fused-ring (bicyclic) bond motifs is 2. The summed E-state index contributed by atoms with van der Waals surface area (Å²) in [5.41, 5.74) is 2.32. The maximum absolute atomic E-state index is 12.8. The Morgan fingerprint density at radius 3 is 2.70 bits per heavy atom. The highest BCUT2D eigenvalue weighted by Crippen LogP contribution is 2.38. The summed E-state index contributed by atoms with van der Waals surface area (Å²) >= 11 is 0. The Hall–Kier alpha value is -2.33. The van der Waals surface area contributed by atoms with Crippen molar-refractivity contribution in [1.82, 2.24) is 4.90 Å². The number of carbonyl (C=O) groups excluding carboxylic acids is 1. The van der Waals surface area contributed by atoms with Crippen LogP contribution in [0.1, 0.15) is 25.3 Å². The normalized spacial score (nSPS) is 22.3. The third-order valence-corrected chi connectivity index (χ3v) is 5.82. The van der Waals surface area contributed by atoms with Crippen molar-refractivity contribution in [2.24, 2.45) is 5.92 Å². The number of nitrogens with zero attached hydrogens (tertiary/aromatic N) is 2. The molecule has 4 nitrogen and oxygen atoms in total. The summed E-state index contributed by atoms with van der Waals surface area (Å²) in [5.74, 6) is 1.38. The summed E-state index contributed by atoms with van der Waals surface area (Å²) in [6.07, 6.45) is 2.59. The molecule has 2 atom stereocenters.